The first-order valence-electron chi connectivity index (χ1n) is 7.37. The van der Waals surface area contributed by atoms with Gasteiger partial charge in [-0.15, -0.1) is 0 Å². The number of piperidine rings is 1. The third-order valence-electron chi connectivity index (χ3n) is 4.50. The van der Waals surface area contributed by atoms with Gasteiger partial charge in [-0.3, -0.25) is 0 Å². The van der Waals surface area contributed by atoms with Crippen molar-refractivity contribution in [2.24, 2.45) is 17.4 Å². The van der Waals surface area contributed by atoms with Crippen LogP contribution in [0.15, 0.2) is 18.2 Å². The molecule has 1 heterocycles. The van der Waals surface area contributed by atoms with E-state index in [1.54, 1.807) is 0 Å². The van der Waals surface area contributed by atoms with Crippen molar-refractivity contribution in [2.45, 2.75) is 32.7 Å². The molecule has 0 bridgehead atoms. The van der Waals surface area contributed by atoms with Crippen molar-refractivity contribution in [2.75, 3.05) is 26.2 Å². The second-order valence-corrected chi connectivity index (χ2v) is 5.84. The van der Waals surface area contributed by atoms with Crippen LogP contribution in [0.4, 0.5) is 0 Å². The third kappa shape index (κ3) is 3.56. The predicted molar refractivity (Wildman–Crippen MR) is 81.1 cm³/mol. The van der Waals surface area contributed by atoms with E-state index in [0.29, 0.717) is 5.92 Å². The molecule has 0 spiro atoms. The SMILES string of the molecule is Cc1ccc(C(N)C2CCN(CCN)CC2)cc1C. The van der Waals surface area contributed by atoms with E-state index in [4.69, 9.17) is 11.5 Å². The molecule has 1 aliphatic heterocycles. The molecule has 0 amide bonds. The summed E-state index contributed by atoms with van der Waals surface area (Å²) in [5.74, 6) is 0.608. The largest absolute Gasteiger partial charge is 0.329 e. The van der Waals surface area contributed by atoms with E-state index >= 15 is 0 Å². The first-order chi connectivity index (χ1) is 9.11. The number of aryl methyl sites for hydroxylation is 2. The third-order valence-corrected chi connectivity index (χ3v) is 4.50. The molecule has 4 N–H and O–H groups in total. The highest BCUT2D eigenvalue weighted by atomic mass is 15.1. The van der Waals surface area contributed by atoms with Crippen molar-refractivity contribution in [3.63, 3.8) is 0 Å². The summed E-state index contributed by atoms with van der Waals surface area (Å²) in [5.41, 5.74) is 16.0. The van der Waals surface area contributed by atoms with E-state index in [1.165, 1.54) is 29.5 Å². The summed E-state index contributed by atoms with van der Waals surface area (Å²) in [7, 11) is 0. The van der Waals surface area contributed by atoms with Crippen LogP contribution in [0.25, 0.3) is 0 Å². The van der Waals surface area contributed by atoms with Crippen molar-refractivity contribution in [3.05, 3.63) is 34.9 Å². The number of hydrogen-bond acceptors (Lipinski definition) is 3. The summed E-state index contributed by atoms with van der Waals surface area (Å²) in [6.07, 6.45) is 2.38. The zero-order valence-corrected chi connectivity index (χ0v) is 12.2. The van der Waals surface area contributed by atoms with Crippen molar-refractivity contribution < 1.29 is 0 Å². The maximum atomic E-state index is 6.46. The van der Waals surface area contributed by atoms with Crippen LogP contribution >= 0.6 is 0 Å². The Morgan fingerprint density at radius 3 is 2.47 bits per heavy atom. The van der Waals surface area contributed by atoms with Crippen molar-refractivity contribution in [3.8, 4) is 0 Å². The lowest BCUT2D eigenvalue weighted by Gasteiger charge is -2.34. The van der Waals surface area contributed by atoms with Gasteiger partial charge < -0.3 is 16.4 Å². The molecule has 0 aromatic heterocycles. The van der Waals surface area contributed by atoms with E-state index < -0.39 is 0 Å². The number of benzene rings is 1. The molecule has 3 heteroatoms. The second kappa shape index (κ2) is 6.51. The van der Waals surface area contributed by atoms with E-state index in [-0.39, 0.29) is 6.04 Å². The van der Waals surface area contributed by atoms with Gasteiger partial charge in [0, 0.05) is 19.1 Å². The lowest BCUT2D eigenvalue weighted by molar-refractivity contribution is 0.173. The Bertz CT molecular complexity index is 408. The molecule has 19 heavy (non-hydrogen) atoms. The van der Waals surface area contributed by atoms with E-state index in [0.717, 1.165) is 26.2 Å². The number of nitrogens with zero attached hydrogens (tertiary/aromatic N) is 1. The fourth-order valence-corrected chi connectivity index (χ4v) is 2.96. The summed E-state index contributed by atoms with van der Waals surface area (Å²) in [6.45, 7) is 8.37. The van der Waals surface area contributed by atoms with Crippen LogP contribution in [0, 0.1) is 19.8 Å². The molecule has 1 atom stereocenters. The van der Waals surface area contributed by atoms with Gasteiger partial charge >= 0.3 is 0 Å². The highest BCUT2D eigenvalue weighted by Gasteiger charge is 2.24. The fourth-order valence-electron chi connectivity index (χ4n) is 2.96. The summed E-state index contributed by atoms with van der Waals surface area (Å²) >= 11 is 0. The Hall–Kier alpha value is -0.900. The average molecular weight is 261 g/mol. The highest BCUT2D eigenvalue weighted by molar-refractivity contribution is 5.31. The van der Waals surface area contributed by atoms with Gasteiger partial charge in [0.1, 0.15) is 0 Å². The molecule has 3 nitrogen and oxygen atoms in total. The van der Waals surface area contributed by atoms with Gasteiger partial charge in [-0.05, 0) is 62.4 Å². The van der Waals surface area contributed by atoms with Crippen LogP contribution in [-0.2, 0) is 0 Å². The lowest BCUT2D eigenvalue weighted by atomic mass is 9.85. The molecular formula is C16H27N3. The van der Waals surface area contributed by atoms with Gasteiger partial charge in [-0.25, -0.2) is 0 Å². The summed E-state index contributed by atoms with van der Waals surface area (Å²) in [4.78, 5) is 2.45. The molecule has 1 aromatic carbocycles. The summed E-state index contributed by atoms with van der Waals surface area (Å²) < 4.78 is 0. The van der Waals surface area contributed by atoms with E-state index in [9.17, 15) is 0 Å². The molecule has 1 aromatic rings. The number of hydrogen-bond donors (Lipinski definition) is 2. The van der Waals surface area contributed by atoms with Crippen molar-refractivity contribution in [1.29, 1.82) is 0 Å². The smallest absolute Gasteiger partial charge is 0.0324 e. The fraction of sp³-hybridized carbons (Fsp3) is 0.625. The molecule has 0 radical (unpaired) electrons. The molecule has 0 saturated carbocycles. The Morgan fingerprint density at radius 1 is 1.21 bits per heavy atom. The van der Waals surface area contributed by atoms with Crippen LogP contribution in [0.1, 0.15) is 35.6 Å². The summed E-state index contributed by atoms with van der Waals surface area (Å²) in [6, 6.07) is 6.82. The van der Waals surface area contributed by atoms with Gasteiger partial charge in [-0.2, -0.15) is 0 Å². The number of likely N-dealkylation sites (tertiary alicyclic amines) is 1. The molecule has 1 aliphatic rings. The normalized spacial score (nSPS) is 19.6. The maximum absolute atomic E-state index is 6.46. The average Bonchev–Trinajstić information content (AvgIpc) is 2.42. The first-order valence-corrected chi connectivity index (χ1v) is 7.37. The first kappa shape index (κ1) is 14.5. The Morgan fingerprint density at radius 2 is 1.89 bits per heavy atom. The van der Waals surface area contributed by atoms with Gasteiger partial charge in [0.15, 0.2) is 0 Å². The molecule has 0 aliphatic carbocycles. The monoisotopic (exact) mass is 261 g/mol. The molecule has 1 unspecified atom stereocenters. The van der Waals surface area contributed by atoms with Crippen LogP contribution in [0.5, 0.6) is 0 Å². The van der Waals surface area contributed by atoms with Crippen LogP contribution < -0.4 is 11.5 Å². The Kier molecular flexibility index (Phi) is 4.97. The zero-order valence-electron chi connectivity index (χ0n) is 12.2. The van der Waals surface area contributed by atoms with Gasteiger partial charge in [0.25, 0.3) is 0 Å². The minimum absolute atomic E-state index is 0.180. The van der Waals surface area contributed by atoms with Crippen LogP contribution in [0.3, 0.4) is 0 Å². The lowest BCUT2D eigenvalue weighted by Crippen LogP contribution is -2.39. The highest BCUT2D eigenvalue weighted by Crippen LogP contribution is 2.29. The number of nitrogens with two attached hydrogens (primary N) is 2. The molecule has 2 rings (SSSR count). The molecule has 1 fully saturated rings. The van der Waals surface area contributed by atoms with E-state index in [1.807, 2.05) is 0 Å². The zero-order chi connectivity index (χ0) is 13.8. The van der Waals surface area contributed by atoms with Gasteiger partial charge in [0.05, 0.1) is 0 Å². The minimum Gasteiger partial charge on any atom is -0.329 e. The van der Waals surface area contributed by atoms with Gasteiger partial charge in [-0.1, -0.05) is 18.2 Å². The Balaban J connectivity index is 1.97. The number of rotatable bonds is 4. The Labute approximate surface area is 117 Å². The molecular weight excluding hydrogens is 234 g/mol. The van der Waals surface area contributed by atoms with Crippen molar-refractivity contribution >= 4 is 0 Å². The van der Waals surface area contributed by atoms with E-state index in [2.05, 4.69) is 36.9 Å². The second-order valence-electron chi connectivity index (χ2n) is 5.84. The topological polar surface area (TPSA) is 55.3 Å². The standard InChI is InChI=1S/C16H27N3/c1-12-3-4-15(11-13(12)2)16(18)14-5-8-19(9-6-14)10-7-17/h3-4,11,14,16H,5-10,17-18H2,1-2H3. The van der Waals surface area contributed by atoms with Crippen LogP contribution in [-0.4, -0.2) is 31.1 Å². The van der Waals surface area contributed by atoms with Crippen LogP contribution in [0.2, 0.25) is 0 Å². The van der Waals surface area contributed by atoms with Gasteiger partial charge in [0.2, 0.25) is 0 Å². The molecule has 1 saturated heterocycles. The quantitative estimate of drug-likeness (QED) is 0.871. The maximum Gasteiger partial charge on any atom is 0.0324 e. The minimum atomic E-state index is 0.180. The summed E-state index contributed by atoms with van der Waals surface area (Å²) in [5, 5.41) is 0. The van der Waals surface area contributed by atoms with Crippen molar-refractivity contribution in [1.82, 2.24) is 4.90 Å². The predicted octanol–water partition coefficient (Wildman–Crippen LogP) is 1.97. The molecule has 106 valence electrons.